The summed E-state index contributed by atoms with van der Waals surface area (Å²) in [4.78, 5) is 8.44. The van der Waals surface area contributed by atoms with Gasteiger partial charge in [-0.3, -0.25) is 0 Å². The number of ether oxygens (including phenoxy) is 1. The van der Waals surface area contributed by atoms with Gasteiger partial charge < -0.3 is 10.1 Å². The van der Waals surface area contributed by atoms with Crippen LogP contribution < -0.4 is 10.1 Å². The number of hydrogen-bond donors (Lipinski definition) is 1. The minimum Gasteiger partial charge on any atom is -0.439 e. The lowest BCUT2D eigenvalue weighted by Crippen LogP contribution is -1.99. The highest BCUT2D eigenvalue weighted by Gasteiger charge is 2.05. The Hall–Kier alpha value is -2.10. The van der Waals surface area contributed by atoms with Gasteiger partial charge in [-0.15, -0.1) is 0 Å². The summed E-state index contributed by atoms with van der Waals surface area (Å²) >= 11 is 0. The quantitative estimate of drug-likeness (QED) is 0.889. The molecule has 2 rings (SSSR count). The van der Waals surface area contributed by atoms with Crippen molar-refractivity contribution in [1.29, 1.82) is 0 Å². The first-order chi connectivity index (χ1) is 9.22. The summed E-state index contributed by atoms with van der Waals surface area (Å²) < 4.78 is 5.79. The monoisotopic (exact) mass is 257 g/mol. The van der Waals surface area contributed by atoms with E-state index in [4.69, 9.17) is 4.74 Å². The molecule has 0 bridgehead atoms. The van der Waals surface area contributed by atoms with E-state index in [0.29, 0.717) is 11.8 Å². The molecule has 0 atom stereocenters. The number of aromatic nitrogens is 2. The standard InChI is InChI=1S/C15H19N3O/c1-4-5-12-6-8-13(9-7-12)19-14-11(2)10-17-15(16-3)18-14/h6-10H,4-5H2,1-3H3,(H,16,17,18). The van der Waals surface area contributed by atoms with Crippen LogP contribution in [0.25, 0.3) is 0 Å². The maximum atomic E-state index is 5.79. The number of benzene rings is 1. The molecular formula is C15H19N3O. The lowest BCUT2D eigenvalue weighted by molar-refractivity contribution is 0.458. The number of aryl methyl sites for hydroxylation is 2. The van der Waals surface area contributed by atoms with Crippen LogP contribution >= 0.6 is 0 Å². The maximum Gasteiger partial charge on any atom is 0.226 e. The second-order valence-corrected chi connectivity index (χ2v) is 4.43. The summed E-state index contributed by atoms with van der Waals surface area (Å²) in [5.74, 6) is 1.94. The van der Waals surface area contributed by atoms with Crippen molar-refractivity contribution in [1.82, 2.24) is 9.97 Å². The van der Waals surface area contributed by atoms with Crippen molar-refractivity contribution in [2.24, 2.45) is 0 Å². The minimum atomic E-state index is 0.559. The maximum absolute atomic E-state index is 5.79. The fourth-order valence-corrected chi connectivity index (χ4v) is 1.77. The van der Waals surface area contributed by atoms with Gasteiger partial charge >= 0.3 is 0 Å². The molecule has 19 heavy (non-hydrogen) atoms. The molecule has 0 saturated carbocycles. The topological polar surface area (TPSA) is 47.0 Å². The van der Waals surface area contributed by atoms with Gasteiger partial charge in [0.15, 0.2) is 0 Å². The Bertz CT molecular complexity index is 538. The SMILES string of the molecule is CCCc1ccc(Oc2nc(NC)ncc2C)cc1. The molecule has 4 heteroatoms. The molecule has 2 aromatic rings. The Morgan fingerprint density at radius 3 is 2.58 bits per heavy atom. The fourth-order valence-electron chi connectivity index (χ4n) is 1.77. The molecule has 0 aliphatic heterocycles. The molecule has 1 aromatic carbocycles. The van der Waals surface area contributed by atoms with E-state index in [2.05, 4.69) is 34.3 Å². The summed E-state index contributed by atoms with van der Waals surface area (Å²) in [6, 6.07) is 8.14. The van der Waals surface area contributed by atoms with E-state index in [0.717, 1.165) is 24.2 Å². The Kier molecular flexibility index (Phi) is 4.34. The normalized spacial score (nSPS) is 10.3. The van der Waals surface area contributed by atoms with Gasteiger partial charge in [-0.05, 0) is 31.0 Å². The Labute approximate surface area is 113 Å². The summed E-state index contributed by atoms with van der Waals surface area (Å²) in [6.07, 6.45) is 3.99. The molecule has 0 unspecified atom stereocenters. The first-order valence-corrected chi connectivity index (χ1v) is 6.51. The lowest BCUT2D eigenvalue weighted by atomic mass is 10.1. The average molecular weight is 257 g/mol. The van der Waals surface area contributed by atoms with Crippen LogP contribution in [-0.4, -0.2) is 17.0 Å². The smallest absolute Gasteiger partial charge is 0.226 e. The van der Waals surface area contributed by atoms with Gasteiger partial charge in [-0.2, -0.15) is 4.98 Å². The highest BCUT2D eigenvalue weighted by Crippen LogP contribution is 2.23. The molecule has 0 spiro atoms. The van der Waals surface area contributed by atoms with Gasteiger partial charge in [0, 0.05) is 18.8 Å². The van der Waals surface area contributed by atoms with Crippen LogP contribution in [-0.2, 0) is 6.42 Å². The van der Waals surface area contributed by atoms with Gasteiger partial charge in [0.05, 0.1) is 0 Å². The molecule has 0 fully saturated rings. The van der Waals surface area contributed by atoms with Crippen molar-refractivity contribution in [3.05, 3.63) is 41.6 Å². The van der Waals surface area contributed by atoms with Crippen LogP contribution in [0.1, 0.15) is 24.5 Å². The minimum absolute atomic E-state index is 0.559. The summed E-state index contributed by atoms with van der Waals surface area (Å²) in [6.45, 7) is 4.11. The zero-order chi connectivity index (χ0) is 13.7. The van der Waals surface area contributed by atoms with Crippen LogP contribution in [0.15, 0.2) is 30.5 Å². The van der Waals surface area contributed by atoms with Gasteiger partial charge in [0.1, 0.15) is 5.75 Å². The predicted molar refractivity (Wildman–Crippen MR) is 76.8 cm³/mol. The van der Waals surface area contributed by atoms with E-state index in [1.807, 2.05) is 19.1 Å². The van der Waals surface area contributed by atoms with Crippen molar-refractivity contribution in [2.75, 3.05) is 12.4 Å². The molecule has 1 N–H and O–H groups in total. The van der Waals surface area contributed by atoms with E-state index < -0.39 is 0 Å². The summed E-state index contributed by atoms with van der Waals surface area (Å²) in [5, 5.41) is 2.90. The molecule has 0 aliphatic carbocycles. The van der Waals surface area contributed by atoms with E-state index in [1.165, 1.54) is 5.56 Å². The average Bonchev–Trinajstić information content (AvgIpc) is 2.44. The van der Waals surface area contributed by atoms with Crippen LogP contribution in [0.2, 0.25) is 0 Å². The highest BCUT2D eigenvalue weighted by molar-refractivity contribution is 5.36. The first-order valence-electron chi connectivity index (χ1n) is 6.51. The van der Waals surface area contributed by atoms with E-state index >= 15 is 0 Å². The first kappa shape index (κ1) is 13.3. The third kappa shape index (κ3) is 3.44. The molecule has 0 radical (unpaired) electrons. The van der Waals surface area contributed by atoms with Crippen molar-refractivity contribution < 1.29 is 4.74 Å². The van der Waals surface area contributed by atoms with Gasteiger partial charge in [-0.1, -0.05) is 25.5 Å². The summed E-state index contributed by atoms with van der Waals surface area (Å²) in [5.41, 5.74) is 2.24. The molecule has 0 amide bonds. The second kappa shape index (κ2) is 6.18. The molecule has 1 heterocycles. The van der Waals surface area contributed by atoms with Gasteiger partial charge in [0.2, 0.25) is 11.8 Å². The molecular weight excluding hydrogens is 238 g/mol. The van der Waals surface area contributed by atoms with E-state index in [9.17, 15) is 0 Å². The number of nitrogens with one attached hydrogen (secondary N) is 1. The third-order valence-corrected chi connectivity index (χ3v) is 2.83. The third-order valence-electron chi connectivity index (χ3n) is 2.83. The van der Waals surface area contributed by atoms with Crippen molar-refractivity contribution in [3.8, 4) is 11.6 Å². The van der Waals surface area contributed by atoms with Crippen molar-refractivity contribution >= 4 is 5.95 Å². The van der Waals surface area contributed by atoms with Crippen LogP contribution in [0.5, 0.6) is 11.6 Å². The largest absolute Gasteiger partial charge is 0.439 e. The number of nitrogens with zero attached hydrogens (tertiary/aromatic N) is 2. The van der Waals surface area contributed by atoms with Crippen LogP contribution in [0.4, 0.5) is 5.95 Å². The highest BCUT2D eigenvalue weighted by atomic mass is 16.5. The number of anilines is 1. The van der Waals surface area contributed by atoms with Crippen LogP contribution in [0, 0.1) is 6.92 Å². The van der Waals surface area contributed by atoms with Gasteiger partial charge in [-0.25, -0.2) is 4.98 Å². The number of hydrogen-bond acceptors (Lipinski definition) is 4. The Balaban J connectivity index is 2.16. The number of rotatable bonds is 5. The molecule has 4 nitrogen and oxygen atoms in total. The zero-order valence-corrected chi connectivity index (χ0v) is 11.6. The van der Waals surface area contributed by atoms with E-state index in [1.54, 1.807) is 13.2 Å². The molecule has 0 aliphatic rings. The van der Waals surface area contributed by atoms with Gasteiger partial charge in [0.25, 0.3) is 0 Å². The Morgan fingerprint density at radius 2 is 1.95 bits per heavy atom. The second-order valence-electron chi connectivity index (χ2n) is 4.43. The molecule has 0 saturated heterocycles. The van der Waals surface area contributed by atoms with E-state index in [-0.39, 0.29) is 0 Å². The lowest BCUT2D eigenvalue weighted by Gasteiger charge is -2.09. The molecule has 100 valence electrons. The Morgan fingerprint density at radius 1 is 1.21 bits per heavy atom. The molecule has 1 aromatic heterocycles. The van der Waals surface area contributed by atoms with Crippen molar-refractivity contribution in [3.63, 3.8) is 0 Å². The zero-order valence-electron chi connectivity index (χ0n) is 11.6. The predicted octanol–water partition coefficient (Wildman–Crippen LogP) is 3.57. The summed E-state index contributed by atoms with van der Waals surface area (Å²) in [7, 11) is 1.79. The fraction of sp³-hybridized carbons (Fsp3) is 0.333. The van der Waals surface area contributed by atoms with Crippen LogP contribution in [0.3, 0.4) is 0 Å². The van der Waals surface area contributed by atoms with Crippen molar-refractivity contribution in [2.45, 2.75) is 26.7 Å².